The fourth-order valence-electron chi connectivity index (χ4n) is 1.33. The van der Waals surface area contributed by atoms with Gasteiger partial charge in [0.1, 0.15) is 0 Å². The number of hydrogen-bond donors (Lipinski definition) is 2. The Morgan fingerprint density at radius 3 is 2.68 bits per heavy atom. The topological polar surface area (TPSA) is 50.4 Å². The van der Waals surface area contributed by atoms with Crippen molar-refractivity contribution in [3.05, 3.63) is 47.5 Å². The zero-order chi connectivity index (χ0) is 15.9. The van der Waals surface area contributed by atoms with Gasteiger partial charge in [-0.3, -0.25) is 0 Å². The van der Waals surface area contributed by atoms with Gasteiger partial charge >= 0.3 is 6.18 Å². The number of benzene rings is 1. The average molecular weight is 423 g/mol. The van der Waals surface area contributed by atoms with Crippen LogP contribution in [0, 0.1) is 11.8 Å². The SMILES string of the molecule is C=C(C)CN=C(N)NCC#Cc1cccc(C(F)(F)F)c1.I. The molecule has 0 atom stereocenters. The molecule has 0 saturated heterocycles. The van der Waals surface area contributed by atoms with E-state index in [0.717, 1.165) is 17.7 Å². The molecule has 3 nitrogen and oxygen atoms in total. The lowest BCUT2D eigenvalue weighted by molar-refractivity contribution is -0.137. The third kappa shape index (κ3) is 7.93. The quantitative estimate of drug-likeness (QED) is 0.258. The van der Waals surface area contributed by atoms with Crippen LogP contribution < -0.4 is 11.1 Å². The second kappa shape index (κ2) is 9.35. The fourth-order valence-corrected chi connectivity index (χ4v) is 1.33. The predicted octanol–water partition coefficient (Wildman–Crippen LogP) is 3.16. The number of nitrogens with one attached hydrogen (secondary N) is 1. The molecule has 1 aromatic rings. The Labute approximate surface area is 144 Å². The van der Waals surface area contributed by atoms with Crippen LogP contribution in [0.4, 0.5) is 13.2 Å². The molecular formula is C15H17F3IN3. The Hall–Kier alpha value is -1.69. The molecule has 0 radical (unpaired) electrons. The van der Waals surface area contributed by atoms with Crippen molar-refractivity contribution in [3.63, 3.8) is 0 Å². The van der Waals surface area contributed by atoms with Crippen molar-refractivity contribution in [3.8, 4) is 11.8 Å². The molecule has 22 heavy (non-hydrogen) atoms. The largest absolute Gasteiger partial charge is 0.416 e. The summed E-state index contributed by atoms with van der Waals surface area (Å²) in [5.41, 5.74) is 6.01. The molecule has 0 saturated carbocycles. The minimum atomic E-state index is -4.37. The van der Waals surface area contributed by atoms with Crippen LogP contribution in [0.5, 0.6) is 0 Å². The van der Waals surface area contributed by atoms with Crippen molar-refractivity contribution in [1.29, 1.82) is 0 Å². The molecule has 1 aromatic carbocycles. The lowest BCUT2D eigenvalue weighted by atomic mass is 10.1. The highest BCUT2D eigenvalue weighted by molar-refractivity contribution is 14.0. The summed E-state index contributed by atoms with van der Waals surface area (Å²) in [6.07, 6.45) is -4.37. The first-order chi connectivity index (χ1) is 9.79. The Kier molecular flexibility index (Phi) is 8.63. The van der Waals surface area contributed by atoms with Gasteiger partial charge in [-0.1, -0.05) is 30.1 Å². The van der Waals surface area contributed by atoms with Crippen molar-refractivity contribution in [2.45, 2.75) is 13.1 Å². The fraction of sp³-hybridized carbons (Fsp3) is 0.267. The lowest BCUT2D eigenvalue weighted by Crippen LogP contribution is -2.32. The van der Waals surface area contributed by atoms with E-state index in [1.165, 1.54) is 12.1 Å². The molecule has 0 aliphatic heterocycles. The van der Waals surface area contributed by atoms with Gasteiger partial charge in [0.2, 0.25) is 0 Å². The van der Waals surface area contributed by atoms with Gasteiger partial charge in [0.05, 0.1) is 18.7 Å². The van der Waals surface area contributed by atoms with Gasteiger partial charge in [0.25, 0.3) is 0 Å². The molecule has 0 aliphatic carbocycles. The van der Waals surface area contributed by atoms with E-state index >= 15 is 0 Å². The number of guanidine groups is 1. The predicted molar refractivity (Wildman–Crippen MR) is 93.0 cm³/mol. The normalized spacial score (nSPS) is 11.0. The van der Waals surface area contributed by atoms with Crippen LogP contribution in [-0.2, 0) is 6.18 Å². The first kappa shape index (κ1) is 20.3. The molecule has 0 unspecified atom stereocenters. The summed E-state index contributed by atoms with van der Waals surface area (Å²) >= 11 is 0. The zero-order valence-corrected chi connectivity index (χ0v) is 14.3. The number of nitrogens with two attached hydrogens (primary N) is 1. The maximum Gasteiger partial charge on any atom is 0.416 e. The highest BCUT2D eigenvalue weighted by Gasteiger charge is 2.30. The number of rotatable bonds is 3. The van der Waals surface area contributed by atoms with Gasteiger partial charge < -0.3 is 11.1 Å². The third-order valence-electron chi connectivity index (χ3n) is 2.30. The van der Waals surface area contributed by atoms with E-state index in [1.807, 2.05) is 6.92 Å². The minimum absolute atomic E-state index is 0. The summed E-state index contributed by atoms with van der Waals surface area (Å²) in [7, 11) is 0. The van der Waals surface area contributed by atoms with Crippen LogP contribution in [0.3, 0.4) is 0 Å². The summed E-state index contributed by atoms with van der Waals surface area (Å²) in [6, 6.07) is 4.85. The highest BCUT2D eigenvalue weighted by atomic mass is 127. The maximum absolute atomic E-state index is 12.5. The second-order valence-corrected chi connectivity index (χ2v) is 4.39. The molecule has 1 rings (SSSR count). The number of aliphatic imine (C=N–C) groups is 1. The van der Waals surface area contributed by atoms with Crippen LogP contribution in [0.25, 0.3) is 0 Å². The standard InChI is InChI=1S/C15H16F3N3.HI/c1-11(2)10-21-14(19)20-8-4-6-12-5-3-7-13(9-12)15(16,17)18;/h3,5,7,9H,1,8,10H2,2H3,(H3,19,20,21);1H. The van der Waals surface area contributed by atoms with E-state index in [4.69, 9.17) is 5.73 Å². The summed E-state index contributed by atoms with van der Waals surface area (Å²) < 4.78 is 37.5. The summed E-state index contributed by atoms with van der Waals surface area (Å²) in [6.45, 7) is 6.12. The Morgan fingerprint density at radius 1 is 1.41 bits per heavy atom. The molecular weight excluding hydrogens is 406 g/mol. The molecule has 0 spiro atoms. The van der Waals surface area contributed by atoms with E-state index in [0.29, 0.717) is 12.1 Å². The number of alkyl halides is 3. The molecule has 0 fully saturated rings. The van der Waals surface area contributed by atoms with Crippen molar-refractivity contribution in [1.82, 2.24) is 5.32 Å². The van der Waals surface area contributed by atoms with Crippen LogP contribution in [0.1, 0.15) is 18.1 Å². The Bertz CT molecular complexity index is 598. The first-order valence-electron chi connectivity index (χ1n) is 6.13. The van der Waals surface area contributed by atoms with Gasteiger partial charge in [-0.15, -0.1) is 24.0 Å². The zero-order valence-electron chi connectivity index (χ0n) is 12.0. The molecule has 0 bridgehead atoms. The summed E-state index contributed by atoms with van der Waals surface area (Å²) in [5.74, 6) is 5.54. The maximum atomic E-state index is 12.5. The smallest absolute Gasteiger partial charge is 0.370 e. The van der Waals surface area contributed by atoms with E-state index in [1.54, 1.807) is 0 Å². The van der Waals surface area contributed by atoms with Crippen LogP contribution >= 0.6 is 24.0 Å². The summed E-state index contributed by atoms with van der Waals surface area (Å²) in [4.78, 5) is 3.98. The molecule has 120 valence electrons. The van der Waals surface area contributed by atoms with E-state index in [2.05, 4.69) is 28.7 Å². The van der Waals surface area contributed by atoms with E-state index in [9.17, 15) is 13.2 Å². The molecule has 3 N–H and O–H groups in total. The van der Waals surface area contributed by atoms with E-state index < -0.39 is 11.7 Å². The number of hydrogen-bond acceptors (Lipinski definition) is 1. The van der Waals surface area contributed by atoms with Gasteiger partial charge in [-0.05, 0) is 25.1 Å². The minimum Gasteiger partial charge on any atom is -0.370 e. The van der Waals surface area contributed by atoms with Gasteiger partial charge in [-0.25, -0.2) is 4.99 Å². The van der Waals surface area contributed by atoms with Gasteiger partial charge in [0, 0.05) is 5.56 Å². The van der Waals surface area contributed by atoms with Crippen molar-refractivity contribution in [2.24, 2.45) is 10.7 Å². The number of nitrogens with zero attached hydrogens (tertiary/aromatic N) is 1. The van der Waals surface area contributed by atoms with Crippen LogP contribution in [0.15, 0.2) is 41.4 Å². The molecule has 0 aromatic heterocycles. The van der Waals surface area contributed by atoms with Gasteiger partial charge in [0.15, 0.2) is 5.96 Å². The molecule has 0 heterocycles. The van der Waals surface area contributed by atoms with Crippen LogP contribution in [0.2, 0.25) is 0 Å². The monoisotopic (exact) mass is 423 g/mol. The number of halogens is 4. The average Bonchev–Trinajstić information content (AvgIpc) is 2.41. The molecule has 7 heteroatoms. The second-order valence-electron chi connectivity index (χ2n) is 4.39. The molecule has 0 amide bonds. The summed E-state index contributed by atoms with van der Waals surface area (Å²) in [5, 5.41) is 2.74. The third-order valence-corrected chi connectivity index (χ3v) is 2.30. The first-order valence-corrected chi connectivity index (χ1v) is 6.13. The van der Waals surface area contributed by atoms with Gasteiger partial charge in [-0.2, -0.15) is 13.2 Å². The molecule has 0 aliphatic rings. The Balaban J connectivity index is 0.00000441. The highest BCUT2D eigenvalue weighted by Crippen LogP contribution is 2.29. The lowest BCUT2D eigenvalue weighted by Gasteiger charge is -2.05. The van der Waals surface area contributed by atoms with E-state index in [-0.39, 0.29) is 36.5 Å². The van der Waals surface area contributed by atoms with Crippen molar-refractivity contribution < 1.29 is 13.2 Å². The van der Waals surface area contributed by atoms with Crippen molar-refractivity contribution in [2.75, 3.05) is 13.1 Å². The van der Waals surface area contributed by atoms with Crippen LogP contribution in [-0.4, -0.2) is 19.0 Å². The Morgan fingerprint density at radius 2 is 2.09 bits per heavy atom. The van der Waals surface area contributed by atoms with Crippen molar-refractivity contribution >= 4 is 29.9 Å².